The van der Waals surface area contributed by atoms with Crippen LogP contribution in [0.3, 0.4) is 0 Å². The van der Waals surface area contributed by atoms with Crippen molar-refractivity contribution in [2.75, 3.05) is 48.5 Å². The molecule has 3 aromatic carbocycles. The van der Waals surface area contributed by atoms with Gasteiger partial charge in [0, 0.05) is 49.1 Å². The third-order valence-electron chi connectivity index (χ3n) is 8.49. The SMILES string of the molecule is CN1C(=O)c2ccccc2C(O)(C2CCN(c3ccc(NC(=O)C4CCOC4)cc3Cl)CC2)c2ccccc21. The number of hydrogen-bond acceptors (Lipinski definition) is 5. The first-order chi connectivity index (χ1) is 18.9. The second-order valence-corrected chi connectivity index (χ2v) is 11.1. The summed E-state index contributed by atoms with van der Waals surface area (Å²) in [6, 6.07) is 20.7. The van der Waals surface area contributed by atoms with Gasteiger partial charge in [0.15, 0.2) is 0 Å². The van der Waals surface area contributed by atoms with E-state index in [0.717, 1.165) is 23.4 Å². The number of nitrogens with one attached hydrogen (secondary N) is 1. The molecule has 0 saturated carbocycles. The van der Waals surface area contributed by atoms with Gasteiger partial charge >= 0.3 is 0 Å². The van der Waals surface area contributed by atoms with Crippen LogP contribution < -0.4 is 15.1 Å². The Kier molecular flexibility index (Phi) is 6.83. The van der Waals surface area contributed by atoms with Crippen LogP contribution in [0.5, 0.6) is 0 Å². The van der Waals surface area contributed by atoms with E-state index in [9.17, 15) is 14.7 Å². The van der Waals surface area contributed by atoms with Gasteiger partial charge in [0.2, 0.25) is 5.91 Å². The Morgan fingerprint density at radius 3 is 2.44 bits per heavy atom. The number of hydrogen-bond donors (Lipinski definition) is 2. The zero-order valence-electron chi connectivity index (χ0n) is 21.9. The van der Waals surface area contributed by atoms with Crippen LogP contribution in [0.15, 0.2) is 66.7 Å². The summed E-state index contributed by atoms with van der Waals surface area (Å²) in [6.45, 7) is 2.48. The van der Waals surface area contributed by atoms with Crippen molar-refractivity contribution in [1.82, 2.24) is 0 Å². The fourth-order valence-electron chi connectivity index (χ4n) is 6.33. The maximum absolute atomic E-state index is 13.4. The zero-order valence-corrected chi connectivity index (χ0v) is 22.7. The first-order valence-electron chi connectivity index (χ1n) is 13.5. The minimum absolute atomic E-state index is 0.0431. The van der Waals surface area contributed by atoms with E-state index in [0.29, 0.717) is 61.0 Å². The number of halogens is 1. The van der Waals surface area contributed by atoms with E-state index in [4.69, 9.17) is 16.3 Å². The lowest BCUT2D eigenvalue weighted by molar-refractivity contribution is -0.119. The summed E-state index contributed by atoms with van der Waals surface area (Å²) in [6.07, 6.45) is 2.17. The fourth-order valence-corrected chi connectivity index (χ4v) is 6.63. The molecule has 2 N–H and O–H groups in total. The van der Waals surface area contributed by atoms with Crippen molar-refractivity contribution in [2.45, 2.75) is 24.9 Å². The highest BCUT2D eigenvalue weighted by Gasteiger charge is 2.47. The Balaban J connectivity index is 1.24. The van der Waals surface area contributed by atoms with Gasteiger partial charge in [-0.2, -0.15) is 0 Å². The Labute approximate surface area is 233 Å². The number of piperidine rings is 1. The summed E-state index contributed by atoms with van der Waals surface area (Å²) in [5.74, 6) is -0.381. The van der Waals surface area contributed by atoms with Gasteiger partial charge in [-0.25, -0.2) is 0 Å². The molecule has 0 aromatic heterocycles. The van der Waals surface area contributed by atoms with E-state index in [-0.39, 0.29) is 23.7 Å². The monoisotopic (exact) mass is 545 g/mol. The largest absolute Gasteiger partial charge is 0.381 e. The highest BCUT2D eigenvalue weighted by atomic mass is 35.5. The highest BCUT2D eigenvalue weighted by Crippen LogP contribution is 2.49. The molecule has 2 saturated heterocycles. The van der Waals surface area contributed by atoms with Crippen LogP contribution >= 0.6 is 11.6 Å². The molecule has 0 spiro atoms. The first-order valence-corrected chi connectivity index (χ1v) is 13.9. The van der Waals surface area contributed by atoms with Crippen molar-refractivity contribution in [3.05, 3.63) is 88.4 Å². The number of para-hydroxylation sites is 1. The van der Waals surface area contributed by atoms with Gasteiger partial charge in [-0.05, 0) is 55.5 Å². The molecule has 3 aliphatic heterocycles. The van der Waals surface area contributed by atoms with E-state index in [1.165, 1.54) is 0 Å². The molecule has 2 atom stereocenters. The first kappa shape index (κ1) is 25.9. The maximum atomic E-state index is 13.4. The predicted octanol–water partition coefficient (Wildman–Crippen LogP) is 5.06. The summed E-state index contributed by atoms with van der Waals surface area (Å²) in [4.78, 5) is 29.7. The van der Waals surface area contributed by atoms with E-state index in [1.807, 2.05) is 54.6 Å². The Morgan fingerprint density at radius 2 is 1.72 bits per heavy atom. The summed E-state index contributed by atoms with van der Waals surface area (Å²) >= 11 is 6.70. The number of anilines is 3. The standard InChI is InChI=1S/C31H32ClN3O4/c1-34-27-9-5-4-8-25(27)31(38,24-7-3-2-6-23(24)30(34)37)21-12-15-35(16-13-21)28-11-10-22(18-26(28)32)33-29(36)20-14-17-39-19-20/h2-11,18,20-21,38H,12-17,19H2,1H3,(H,33,36). The van der Waals surface area contributed by atoms with Crippen LogP contribution in [0.1, 0.15) is 40.7 Å². The number of benzene rings is 3. The number of rotatable bonds is 4. The molecule has 2 amide bonds. The third-order valence-corrected chi connectivity index (χ3v) is 8.79. The summed E-state index contributed by atoms with van der Waals surface area (Å²) in [5.41, 5.74) is 2.96. The molecular weight excluding hydrogens is 514 g/mol. The van der Waals surface area contributed by atoms with Crippen LogP contribution in [0.2, 0.25) is 5.02 Å². The summed E-state index contributed by atoms with van der Waals surface area (Å²) in [7, 11) is 1.77. The number of aliphatic hydroxyl groups is 1. The van der Waals surface area contributed by atoms with Crippen molar-refractivity contribution >= 4 is 40.5 Å². The van der Waals surface area contributed by atoms with E-state index >= 15 is 0 Å². The Morgan fingerprint density at radius 1 is 1.00 bits per heavy atom. The van der Waals surface area contributed by atoms with E-state index in [2.05, 4.69) is 10.2 Å². The lowest BCUT2D eigenvalue weighted by Crippen LogP contribution is -2.44. The number of fused-ring (bicyclic) bond motifs is 2. The molecule has 8 heteroatoms. The molecule has 7 nitrogen and oxygen atoms in total. The van der Waals surface area contributed by atoms with Gasteiger partial charge < -0.3 is 25.0 Å². The second kappa shape index (κ2) is 10.3. The van der Waals surface area contributed by atoms with Crippen LogP contribution in [-0.2, 0) is 15.1 Å². The van der Waals surface area contributed by atoms with Gasteiger partial charge in [0.25, 0.3) is 5.91 Å². The number of ether oxygens (including phenoxy) is 1. The smallest absolute Gasteiger partial charge is 0.258 e. The molecule has 3 heterocycles. The minimum Gasteiger partial charge on any atom is -0.381 e. The number of amides is 2. The van der Waals surface area contributed by atoms with E-state index < -0.39 is 5.60 Å². The molecule has 2 unspecified atom stereocenters. The van der Waals surface area contributed by atoms with Crippen molar-refractivity contribution in [2.24, 2.45) is 11.8 Å². The average molecular weight is 546 g/mol. The van der Waals surface area contributed by atoms with Crippen molar-refractivity contribution in [3.8, 4) is 0 Å². The lowest BCUT2D eigenvalue weighted by atomic mass is 9.70. The Hall–Kier alpha value is -3.39. The number of carbonyl (C=O) groups excluding carboxylic acids is 2. The second-order valence-electron chi connectivity index (χ2n) is 10.7. The molecule has 0 radical (unpaired) electrons. The van der Waals surface area contributed by atoms with Gasteiger partial charge in [-0.15, -0.1) is 0 Å². The molecule has 0 bridgehead atoms. The van der Waals surface area contributed by atoms with Crippen LogP contribution in [0, 0.1) is 11.8 Å². The molecule has 3 aromatic rings. The minimum atomic E-state index is -1.30. The molecule has 3 aliphatic rings. The molecule has 0 aliphatic carbocycles. The molecule has 39 heavy (non-hydrogen) atoms. The fraction of sp³-hybridized carbons (Fsp3) is 0.355. The maximum Gasteiger partial charge on any atom is 0.258 e. The molecule has 2 fully saturated rings. The quantitative estimate of drug-likeness (QED) is 0.479. The predicted molar refractivity (Wildman–Crippen MR) is 153 cm³/mol. The van der Waals surface area contributed by atoms with Gasteiger partial charge in [0.05, 0.1) is 28.9 Å². The van der Waals surface area contributed by atoms with Crippen molar-refractivity contribution in [1.29, 1.82) is 0 Å². The van der Waals surface area contributed by atoms with Gasteiger partial charge in [-0.1, -0.05) is 48.0 Å². The van der Waals surface area contributed by atoms with E-state index in [1.54, 1.807) is 24.1 Å². The van der Waals surface area contributed by atoms with Crippen molar-refractivity contribution < 1.29 is 19.4 Å². The Bertz CT molecular complexity index is 1410. The summed E-state index contributed by atoms with van der Waals surface area (Å²) < 4.78 is 5.32. The van der Waals surface area contributed by atoms with Crippen LogP contribution in [0.25, 0.3) is 0 Å². The molecular formula is C31H32ClN3O4. The highest BCUT2D eigenvalue weighted by molar-refractivity contribution is 6.33. The third kappa shape index (κ3) is 4.48. The van der Waals surface area contributed by atoms with Crippen LogP contribution in [-0.4, -0.2) is 50.3 Å². The number of carbonyl (C=O) groups is 2. The molecule has 6 rings (SSSR count). The van der Waals surface area contributed by atoms with Crippen LogP contribution in [0.4, 0.5) is 17.1 Å². The normalized spacial score (nSPS) is 23.3. The van der Waals surface area contributed by atoms with Gasteiger partial charge in [0.1, 0.15) is 5.60 Å². The zero-order chi connectivity index (χ0) is 27.1. The molecule has 202 valence electrons. The summed E-state index contributed by atoms with van der Waals surface area (Å²) in [5, 5.41) is 16.1. The lowest BCUT2D eigenvalue weighted by Gasteiger charge is -2.43. The topological polar surface area (TPSA) is 82.1 Å². The average Bonchev–Trinajstić information content (AvgIpc) is 3.50. The van der Waals surface area contributed by atoms with Gasteiger partial charge in [-0.3, -0.25) is 9.59 Å². The van der Waals surface area contributed by atoms with Crippen molar-refractivity contribution in [3.63, 3.8) is 0 Å². The number of nitrogens with zero attached hydrogens (tertiary/aromatic N) is 2.